The van der Waals surface area contributed by atoms with Crippen molar-refractivity contribution in [3.63, 3.8) is 0 Å². The average Bonchev–Trinajstić information content (AvgIpc) is 2.60. The van der Waals surface area contributed by atoms with Gasteiger partial charge in [0.2, 0.25) is 0 Å². The predicted octanol–water partition coefficient (Wildman–Crippen LogP) is 2.92. The molecule has 0 aliphatic carbocycles. The summed E-state index contributed by atoms with van der Waals surface area (Å²) in [7, 11) is -2.24. The van der Waals surface area contributed by atoms with Crippen LogP contribution in [0.15, 0.2) is 60.3 Å². The molecule has 0 aliphatic rings. The number of hydrogen-bond acceptors (Lipinski definition) is 4. The molecule has 0 aliphatic heterocycles. The Balaban J connectivity index is 2.54. The molecule has 0 fully saturated rings. The molecular weight excluding hydrogens is 334 g/mol. The molecule has 0 spiro atoms. The van der Waals surface area contributed by atoms with Crippen LogP contribution in [0.1, 0.15) is 16.7 Å². The zero-order valence-electron chi connectivity index (χ0n) is 14.1. The Hall–Kier alpha value is -3.04. The number of sulfonamides is 1. The van der Waals surface area contributed by atoms with Crippen LogP contribution in [0, 0.1) is 19.3 Å². The molecule has 0 radical (unpaired) electrons. The largest absolute Gasteiger partial charge is 0.386 e. The number of allylic oxidation sites excluding steroid dienone is 2. The van der Waals surface area contributed by atoms with Crippen molar-refractivity contribution >= 4 is 21.4 Å². The van der Waals surface area contributed by atoms with Crippen LogP contribution in [0.3, 0.4) is 0 Å². The summed E-state index contributed by atoms with van der Waals surface area (Å²) < 4.78 is 28.5. The SMILES string of the molecule is C#Cc1cccc(S(=O)(=O)N/C(=C/C=C)c2ccncc2C)c1NC. The Labute approximate surface area is 148 Å². The second kappa shape index (κ2) is 7.69. The molecule has 0 bridgehead atoms. The lowest BCUT2D eigenvalue weighted by atomic mass is 10.1. The molecule has 6 heteroatoms. The highest BCUT2D eigenvalue weighted by molar-refractivity contribution is 7.90. The van der Waals surface area contributed by atoms with Crippen molar-refractivity contribution < 1.29 is 8.42 Å². The Morgan fingerprint density at radius 1 is 1.36 bits per heavy atom. The maximum absolute atomic E-state index is 12.9. The van der Waals surface area contributed by atoms with Crippen LogP contribution in [0.25, 0.3) is 5.70 Å². The Morgan fingerprint density at radius 2 is 2.12 bits per heavy atom. The molecule has 2 rings (SSSR count). The summed E-state index contributed by atoms with van der Waals surface area (Å²) in [5.41, 5.74) is 2.81. The summed E-state index contributed by atoms with van der Waals surface area (Å²) in [5, 5.41) is 2.87. The summed E-state index contributed by atoms with van der Waals surface area (Å²) in [6.07, 6.45) is 11.9. The minimum atomic E-state index is -3.87. The summed E-state index contributed by atoms with van der Waals surface area (Å²) in [5.74, 6) is 2.48. The van der Waals surface area contributed by atoms with Gasteiger partial charge in [0, 0.05) is 30.6 Å². The van der Waals surface area contributed by atoms with Gasteiger partial charge in [-0.15, -0.1) is 6.42 Å². The van der Waals surface area contributed by atoms with Gasteiger partial charge in [0.25, 0.3) is 10.0 Å². The lowest BCUT2D eigenvalue weighted by Gasteiger charge is -2.16. The van der Waals surface area contributed by atoms with Crippen LogP contribution in [-0.4, -0.2) is 20.4 Å². The highest BCUT2D eigenvalue weighted by Crippen LogP contribution is 2.26. The summed E-state index contributed by atoms with van der Waals surface area (Å²) >= 11 is 0. The number of nitrogens with one attached hydrogen (secondary N) is 2. The van der Waals surface area contributed by atoms with Gasteiger partial charge in [-0.1, -0.05) is 24.6 Å². The molecule has 2 aromatic rings. The average molecular weight is 353 g/mol. The van der Waals surface area contributed by atoms with Gasteiger partial charge in [-0.25, -0.2) is 8.42 Å². The zero-order valence-corrected chi connectivity index (χ0v) is 14.9. The molecule has 0 saturated heterocycles. The molecule has 0 atom stereocenters. The highest BCUT2D eigenvalue weighted by Gasteiger charge is 2.21. The van der Waals surface area contributed by atoms with Crippen molar-refractivity contribution in [2.45, 2.75) is 11.8 Å². The zero-order chi connectivity index (χ0) is 18.4. The van der Waals surface area contributed by atoms with Crippen LogP contribution in [-0.2, 0) is 10.0 Å². The van der Waals surface area contributed by atoms with E-state index in [2.05, 4.69) is 27.5 Å². The van der Waals surface area contributed by atoms with Crippen molar-refractivity contribution in [1.29, 1.82) is 0 Å². The predicted molar refractivity (Wildman–Crippen MR) is 101 cm³/mol. The van der Waals surface area contributed by atoms with Crippen molar-refractivity contribution in [2.75, 3.05) is 12.4 Å². The third-order valence-electron chi connectivity index (χ3n) is 3.56. The first-order chi connectivity index (χ1) is 11.9. The van der Waals surface area contributed by atoms with Crippen molar-refractivity contribution in [3.8, 4) is 12.3 Å². The van der Waals surface area contributed by atoms with E-state index in [1.54, 1.807) is 43.7 Å². The monoisotopic (exact) mass is 353 g/mol. The summed E-state index contributed by atoms with van der Waals surface area (Å²) in [6, 6.07) is 6.53. The van der Waals surface area contributed by atoms with Gasteiger partial charge in [0.05, 0.1) is 11.4 Å². The first-order valence-electron chi connectivity index (χ1n) is 7.48. The minimum Gasteiger partial charge on any atom is -0.386 e. The van der Waals surface area contributed by atoms with E-state index in [0.29, 0.717) is 16.9 Å². The smallest absolute Gasteiger partial charge is 0.264 e. The van der Waals surface area contributed by atoms with Gasteiger partial charge >= 0.3 is 0 Å². The van der Waals surface area contributed by atoms with Crippen molar-refractivity contribution in [2.24, 2.45) is 0 Å². The van der Waals surface area contributed by atoms with E-state index in [1.165, 1.54) is 12.1 Å². The number of hydrogen-bond donors (Lipinski definition) is 2. The molecule has 0 unspecified atom stereocenters. The number of para-hydroxylation sites is 1. The third kappa shape index (κ3) is 3.90. The van der Waals surface area contributed by atoms with E-state index in [1.807, 2.05) is 6.92 Å². The second-order valence-corrected chi connectivity index (χ2v) is 6.84. The molecule has 128 valence electrons. The first kappa shape index (κ1) is 18.3. The summed E-state index contributed by atoms with van der Waals surface area (Å²) in [6.45, 7) is 5.51. The second-order valence-electron chi connectivity index (χ2n) is 5.19. The first-order valence-corrected chi connectivity index (χ1v) is 8.96. The molecule has 1 aromatic heterocycles. The Morgan fingerprint density at radius 3 is 2.72 bits per heavy atom. The lowest BCUT2D eigenvalue weighted by Crippen LogP contribution is -2.24. The maximum Gasteiger partial charge on any atom is 0.264 e. The quantitative estimate of drug-likeness (QED) is 0.619. The van der Waals surface area contributed by atoms with E-state index in [4.69, 9.17) is 6.42 Å². The van der Waals surface area contributed by atoms with Crippen LogP contribution < -0.4 is 10.0 Å². The molecule has 2 N–H and O–H groups in total. The maximum atomic E-state index is 12.9. The van der Waals surface area contributed by atoms with Gasteiger partial charge in [0.1, 0.15) is 4.90 Å². The van der Waals surface area contributed by atoms with Gasteiger partial charge in [0.15, 0.2) is 0 Å². The third-order valence-corrected chi connectivity index (χ3v) is 4.97. The number of aryl methyl sites for hydroxylation is 1. The number of nitrogens with zero attached hydrogens (tertiary/aromatic N) is 1. The number of pyridine rings is 1. The Bertz CT molecular complexity index is 970. The van der Waals surface area contributed by atoms with E-state index >= 15 is 0 Å². The van der Waals surface area contributed by atoms with Gasteiger partial charge in [-0.3, -0.25) is 9.71 Å². The number of terminal acetylenes is 1. The van der Waals surface area contributed by atoms with Crippen LogP contribution in [0.2, 0.25) is 0 Å². The van der Waals surface area contributed by atoms with E-state index in [9.17, 15) is 8.42 Å². The fourth-order valence-corrected chi connectivity index (χ4v) is 3.72. The van der Waals surface area contributed by atoms with Crippen molar-refractivity contribution in [3.05, 3.63) is 72.1 Å². The molecule has 25 heavy (non-hydrogen) atoms. The molecule has 0 amide bonds. The minimum absolute atomic E-state index is 0.0760. The fourth-order valence-electron chi connectivity index (χ4n) is 2.41. The van der Waals surface area contributed by atoms with Gasteiger partial charge < -0.3 is 5.32 Å². The summed E-state index contributed by atoms with van der Waals surface area (Å²) in [4.78, 5) is 4.11. The van der Waals surface area contributed by atoms with Gasteiger partial charge in [-0.05, 0) is 36.8 Å². The highest BCUT2D eigenvalue weighted by atomic mass is 32.2. The standard InChI is InChI=1S/C19H19N3O2S/c1-5-8-17(16-11-12-21-13-14(16)3)22-25(23,24)18-10-7-9-15(6-2)19(18)20-4/h2,5,7-13,20,22H,1H2,3-4H3/b17-8+. The molecule has 5 nitrogen and oxygen atoms in total. The van der Waals surface area contributed by atoms with E-state index < -0.39 is 10.0 Å². The molecular formula is C19H19N3O2S. The normalized spacial score (nSPS) is 11.5. The van der Waals surface area contributed by atoms with Gasteiger partial charge in [-0.2, -0.15) is 0 Å². The lowest BCUT2D eigenvalue weighted by molar-refractivity contribution is 0.592. The van der Waals surface area contributed by atoms with Crippen molar-refractivity contribution in [1.82, 2.24) is 9.71 Å². The number of rotatable bonds is 6. The topological polar surface area (TPSA) is 71.1 Å². The molecule has 1 aromatic carbocycles. The number of anilines is 1. The van der Waals surface area contributed by atoms with E-state index in [-0.39, 0.29) is 4.90 Å². The Kier molecular flexibility index (Phi) is 5.63. The van der Waals surface area contributed by atoms with Crippen LogP contribution in [0.4, 0.5) is 5.69 Å². The van der Waals surface area contributed by atoms with Crippen LogP contribution >= 0.6 is 0 Å². The number of benzene rings is 1. The van der Waals surface area contributed by atoms with Crippen LogP contribution in [0.5, 0.6) is 0 Å². The molecule has 1 heterocycles. The molecule has 0 saturated carbocycles. The van der Waals surface area contributed by atoms with E-state index in [0.717, 1.165) is 11.1 Å². The fraction of sp³-hybridized carbons (Fsp3) is 0.105. The number of aromatic nitrogens is 1.